The molecule has 2 amide bonds. The van der Waals surface area contributed by atoms with E-state index >= 15 is 0 Å². The van der Waals surface area contributed by atoms with E-state index in [0.717, 1.165) is 24.2 Å². The Bertz CT molecular complexity index is 1210. The highest BCUT2D eigenvalue weighted by molar-refractivity contribution is 5.96. The standard InChI is InChI=1S/C28H33N5O6/c1-37-28(36)25(17-21-9-11-29-12-10-21)31-26(34)23(8-7-20-5-3-2-4-6-20)30-27(35)24-18-22(39-32-24)19-33-13-15-38-16-14-33/h2-6,9-12,18,23,25H,7-8,13-17,19H2,1H3,(H,30,35)(H,31,34)/t23-,25-/m0/s1. The van der Waals surface area contributed by atoms with Crippen LogP contribution < -0.4 is 10.6 Å². The fourth-order valence-electron chi connectivity index (χ4n) is 4.29. The van der Waals surface area contributed by atoms with Gasteiger partial charge in [0.15, 0.2) is 11.5 Å². The number of aromatic nitrogens is 2. The van der Waals surface area contributed by atoms with Gasteiger partial charge in [0.25, 0.3) is 5.91 Å². The molecule has 3 aromatic rings. The number of hydrogen-bond donors (Lipinski definition) is 2. The molecule has 4 rings (SSSR count). The average Bonchev–Trinajstić information content (AvgIpc) is 3.44. The molecule has 11 nitrogen and oxygen atoms in total. The van der Waals surface area contributed by atoms with Crippen molar-refractivity contribution >= 4 is 17.8 Å². The number of amides is 2. The van der Waals surface area contributed by atoms with Crippen molar-refractivity contribution in [2.75, 3.05) is 33.4 Å². The SMILES string of the molecule is COC(=O)[C@H](Cc1ccncc1)NC(=O)[C@H](CCc1ccccc1)NC(=O)c1cc(CN2CCOCC2)on1. The van der Waals surface area contributed by atoms with E-state index < -0.39 is 29.9 Å². The molecule has 0 bridgehead atoms. The van der Waals surface area contributed by atoms with Gasteiger partial charge in [-0.15, -0.1) is 0 Å². The van der Waals surface area contributed by atoms with Crippen LogP contribution in [0.15, 0.2) is 65.4 Å². The average molecular weight is 536 g/mol. The predicted octanol–water partition coefficient (Wildman–Crippen LogP) is 1.53. The summed E-state index contributed by atoms with van der Waals surface area (Å²) in [5.41, 5.74) is 1.90. The van der Waals surface area contributed by atoms with Gasteiger partial charge in [-0.1, -0.05) is 35.5 Å². The lowest BCUT2D eigenvalue weighted by Crippen LogP contribution is -2.52. The molecule has 2 N–H and O–H groups in total. The number of nitrogens with zero attached hydrogens (tertiary/aromatic N) is 3. The van der Waals surface area contributed by atoms with Crippen LogP contribution in [-0.4, -0.2) is 78.3 Å². The number of carbonyl (C=O) groups is 3. The molecule has 1 fully saturated rings. The highest BCUT2D eigenvalue weighted by atomic mass is 16.5. The first-order valence-corrected chi connectivity index (χ1v) is 12.9. The fraction of sp³-hybridized carbons (Fsp3) is 0.393. The van der Waals surface area contributed by atoms with E-state index in [1.54, 1.807) is 30.6 Å². The third kappa shape index (κ3) is 8.45. The van der Waals surface area contributed by atoms with E-state index in [0.29, 0.717) is 38.4 Å². The third-order valence-electron chi connectivity index (χ3n) is 6.45. The zero-order valence-corrected chi connectivity index (χ0v) is 21.9. The second kappa shape index (κ2) is 14.2. The Balaban J connectivity index is 1.45. The Morgan fingerprint density at radius 3 is 2.46 bits per heavy atom. The summed E-state index contributed by atoms with van der Waals surface area (Å²) in [6, 6.07) is 12.9. The fourth-order valence-corrected chi connectivity index (χ4v) is 4.29. The van der Waals surface area contributed by atoms with Gasteiger partial charge in [-0.25, -0.2) is 4.79 Å². The predicted molar refractivity (Wildman–Crippen MR) is 141 cm³/mol. The molecule has 1 aliphatic rings. The Labute approximate surface area is 226 Å². The van der Waals surface area contributed by atoms with Crippen molar-refractivity contribution in [3.05, 3.63) is 83.5 Å². The molecule has 2 aromatic heterocycles. The monoisotopic (exact) mass is 535 g/mol. The van der Waals surface area contributed by atoms with Crippen molar-refractivity contribution < 1.29 is 28.4 Å². The van der Waals surface area contributed by atoms with E-state index in [9.17, 15) is 14.4 Å². The summed E-state index contributed by atoms with van der Waals surface area (Å²) in [5, 5.41) is 9.45. The van der Waals surface area contributed by atoms with E-state index in [1.165, 1.54) is 7.11 Å². The zero-order chi connectivity index (χ0) is 27.5. The molecule has 39 heavy (non-hydrogen) atoms. The quantitative estimate of drug-likeness (QED) is 0.331. The lowest BCUT2D eigenvalue weighted by molar-refractivity contribution is -0.145. The van der Waals surface area contributed by atoms with Gasteiger partial charge in [0.1, 0.15) is 12.1 Å². The first-order valence-electron chi connectivity index (χ1n) is 12.9. The van der Waals surface area contributed by atoms with Gasteiger partial charge in [-0.05, 0) is 36.1 Å². The number of rotatable bonds is 12. The molecular formula is C28H33N5O6. The molecule has 206 valence electrons. The maximum Gasteiger partial charge on any atom is 0.328 e. The van der Waals surface area contributed by atoms with Gasteiger partial charge >= 0.3 is 5.97 Å². The highest BCUT2D eigenvalue weighted by Gasteiger charge is 2.28. The molecule has 11 heteroatoms. The van der Waals surface area contributed by atoms with Gasteiger partial charge in [-0.2, -0.15) is 0 Å². The molecule has 1 aromatic carbocycles. The smallest absolute Gasteiger partial charge is 0.328 e. The number of nitrogens with one attached hydrogen (secondary N) is 2. The van der Waals surface area contributed by atoms with Crippen LogP contribution >= 0.6 is 0 Å². The molecular weight excluding hydrogens is 502 g/mol. The van der Waals surface area contributed by atoms with Gasteiger partial charge < -0.3 is 24.6 Å². The Hall–Kier alpha value is -4.09. The largest absolute Gasteiger partial charge is 0.467 e. The molecule has 0 radical (unpaired) electrons. The lowest BCUT2D eigenvalue weighted by atomic mass is 10.0. The minimum Gasteiger partial charge on any atom is -0.467 e. The summed E-state index contributed by atoms with van der Waals surface area (Å²) in [4.78, 5) is 45.1. The summed E-state index contributed by atoms with van der Waals surface area (Å²) >= 11 is 0. The number of morpholine rings is 1. The highest BCUT2D eigenvalue weighted by Crippen LogP contribution is 2.12. The number of hydrogen-bond acceptors (Lipinski definition) is 9. The third-order valence-corrected chi connectivity index (χ3v) is 6.45. The summed E-state index contributed by atoms with van der Waals surface area (Å²) < 4.78 is 15.7. The number of carbonyl (C=O) groups excluding carboxylic acids is 3. The van der Waals surface area contributed by atoms with Crippen LogP contribution in [0.1, 0.15) is 33.8 Å². The van der Waals surface area contributed by atoms with E-state index in [1.807, 2.05) is 30.3 Å². The van der Waals surface area contributed by atoms with Crippen LogP contribution in [0.2, 0.25) is 0 Å². The Morgan fingerprint density at radius 1 is 1.00 bits per heavy atom. The van der Waals surface area contributed by atoms with Crippen LogP contribution in [0.25, 0.3) is 0 Å². The van der Waals surface area contributed by atoms with E-state index in [-0.39, 0.29) is 12.1 Å². The second-order valence-electron chi connectivity index (χ2n) is 9.26. The van der Waals surface area contributed by atoms with Crippen molar-refractivity contribution in [1.82, 2.24) is 25.7 Å². The maximum atomic E-state index is 13.4. The van der Waals surface area contributed by atoms with Gasteiger partial charge in [0.2, 0.25) is 5.91 Å². The van der Waals surface area contributed by atoms with Crippen molar-refractivity contribution in [3.8, 4) is 0 Å². The summed E-state index contributed by atoms with van der Waals surface area (Å²) in [6.07, 6.45) is 4.28. The van der Waals surface area contributed by atoms with Crippen molar-refractivity contribution in [1.29, 1.82) is 0 Å². The Morgan fingerprint density at radius 2 is 1.74 bits per heavy atom. The van der Waals surface area contributed by atoms with Crippen molar-refractivity contribution in [2.45, 2.75) is 37.9 Å². The topological polar surface area (TPSA) is 136 Å². The number of benzene rings is 1. The van der Waals surface area contributed by atoms with Gasteiger partial charge in [-0.3, -0.25) is 19.5 Å². The van der Waals surface area contributed by atoms with Crippen molar-refractivity contribution in [3.63, 3.8) is 0 Å². The van der Waals surface area contributed by atoms with Crippen LogP contribution in [0.4, 0.5) is 0 Å². The van der Waals surface area contributed by atoms with Gasteiger partial charge in [0.05, 0.1) is 26.9 Å². The normalized spacial score (nSPS) is 15.2. The van der Waals surface area contributed by atoms with E-state index in [2.05, 4.69) is 25.7 Å². The molecule has 3 heterocycles. The maximum absolute atomic E-state index is 13.4. The molecule has 1 saturated heterocycles. The van der Waals surface area contributed by atoms with Crippen molar-refractivity contribution in [2.24, 2.45) is 0 Å². The van der Waals surface area contributed by atoms with E-state index in [4.69, 9.17) is 14.0 Å². The molecule has 0 spiro atoms. The van der Waals surface area contributed by atoms with Gasteiger partial charge in [0, 0.05) is 38.0 Å². The number of pyridine rings is 1. The number of methoxy groups -OCH3 is 1. The van der Waals surface area contributed by atoms with Crippen LogP contribution in [0.5, 0.6) is 0 Å². The first-order chi connectivity index (χ1) is 19.0. The van der Waals surface area contributed by atoms with Crippen LogP contribution in [-0.2, 0) is 38.4 Å². The molecule has 0 aliphatic carbocycles. The first kappa shape index (κ1) is 27.9. The lowest BCUT2D eigenvalue weighted by Gasteiger charge is -2.25. The zero-order valence-electron chi connectivity index (χ0n) is 21.9. The molecule has 0 saturated carbocycles. The minimum atomic E-state index is -0.937. The summed E-state index contributed by atoms with van der Waals surface area (Å²) in [6.45, 7) is 3.34. The number of esters is 1. The minimum absolute atomic E-state index is 0.0806. The molecule has 0 unspecified atom stereocenters. The Kier molecular flexibility index (Phi) is 10.1. The van der Waals surface area contributed by atoms with Crippen LogP contribution in [0, 0.1) is 0 Å². The number of aryl methyl sites for hydroxylation is 1. The number of ether oxygens (including phenoxy) is 2. The molecule has 1 aliphatic heterocycles. The summed E-state index contributed by atoms with van der Waals surface area (Å²) in [7, 11) is 1.27. The molecule has 2 atom stereocenters. The van der Waals surface area contributed by atoms with Crippen LogP contribution in [0.3, 0.4) is 0 Å². The second-order valence-corrected chi connectivity index (χ2v) is 9.26. The summed E-state index contributed by atoms with van der Waals surface area (Å²) in [5.74, 6) is -1.07.